The maximum absolute atomic E-state index is 10.8. The molecule has 0 unspecified atom stereocenters. The van der Waals surface area contributed by atoms with E-state index in [0.717, 1.165) is 0 Å². The normalized spacial score (nSPS) is 23.0. The Balaban J connectivity index is 2.28. The average molecular weight is 157 g/mol. The van der Waals surface area contributed by atoms with Gasteiger partial charge in [-0.2, -0.15) is 0 Å². The molecule has 1 amide bonds. The topological polar surface area (TPSA) is 55.4 Å². The average Bonchev–Trinajstić information content (AvgIpc) is 2.35. The molecule has 1 heterocycles. The fraction of sp³-hybridized carbons (Fsp3) is 0.714. The van der Waals surface area contributed by atoms with Crippen molar-refractivity contribution in [2.45, 2.75) is 25.8 Å². The summed E-state index contributed by atoms with van der Waals surface area (Å²) in [4.78, 5) is 21.3. The van der Waals surface area contributed by atoms with E-state index in [4.69, 9.17) is 0 Å². The van der Waals surface area contributed by atoms with Crippen LogP contribution in [0.4, 0.5) is 0 Å². The third kappa shape index (κ3) is 2.22. The smallest absolute Gasteiger partial charge is 0.308 e. The highest BCUT2D eigenvalue weighted by molar-refractivity contribution is 5.78. The van der Waals surface area contributed by atoms with E-state index >= 15 is 0 Å². The summed E-state index contributed by atoms with van der Waals surface area (Å²) in [6, 6.07) is -0.102. The SMILES string of the molecule is CCC(=O)N[C@@H]1COC(=O)C1. The Bertz CT molecular complexity index is 179. The van der Waals surface area contributed by atoms with Crippen LogP contribution in [0.2, 0.25) is 0 Å². The number of amides is 1. The molecule has 4 nitrogen and oxygen atoms in total. The van der Waals surface area contributed by atoms with Crippen LogP contribution in [0.5, 0.6) is 0 Å². The van der Waals surface area contributed by atoms with Gasteiger partial charge in [-0.1, -0.05) is 6.92 Å². The van der Waals surface area contributed by atoms with Gasteiger partial charge in [0.15, 0.2) is 0 Å². The van der Waals surface area contributed by atoms with E-state index in [9.17, 15) is 9.59 Å². The highest BCUT2D eigenvalue weighted by Crippen LogP contribution is 2.05. The minimum Gasteiger partial charge on any atom is -0.463 e. The van der Waals surface area contributed by atoms with Crippen molar-refractivity contribution in [2.75, 3.05) is 6.61 Å². The van der Waals surface area contributed by atoms with Gasteiger partial charge < -0.3 is 10.1 Å². The molecular formula is C7H11NO3. The summed E-state index contributed by atoms with van der Waals surface area (Å²) in [7, 11) is 0. The first-order valence-electron chi connectivity index (χ1n) is 3.67. The van der Waals surface area contributed by atoms with Gasteiger partial charge in [-0.15, -0.1) is 0 Å². The zero-order valence-corrected chi connectivity index (χ0v) is 6.42. The van der Waals surface area contributed by atoms with Crippen LogP contribution in [-0.2, 0) is 14.3 Å². The van der Waals surface area contributed by atoms with Gasteiger partial charge >= 0.3 is 5.97 Å². The van der Waals surface area contributed by atoms with Crippen molar-refractivity contribution in [1.82, 2.24) is 5.32 Å². The number of carbonyl (C=O) groups is 2. The molecule has 1 saturated heterocycles. The Morgan fingerprint density at radius 2 is 2.55 bits per heavy atom. The van der Waals surface area contributed by atoms with Crippen LogP contribution in [0.3, 0.4) is 0 Å². The van der Waals surface area contributed by atoms with Crippen molar-refractivity contribution >= 4 is 11.9 Å². The lowest BCUT2D eigenvalue weighted by Gasteiger charge is -2.06. The molecule has 4 heteroatoms. The Hall–Kier alpha value is -1.06. The van der Waals surface area contributed by atoms with Crippen LogP contribution >= 0.6 is 0 Å². The highest BCUT2D eigenvalue weighted by Gasteiger charge is 2.24. The molecule has 0 aromatic rings. The summed E-state index contributed by atoms with van der Waals surface area (Å²) in [5.74, 6) is -0.264. The molecule has 1 aliphatic rings. The minimum absolute atomic E-state index is 0.0340. The molecule has 1 N–H and O–H groups in total. The number of ether oxygens (including phenoxy) is 1. The first-order valence-corrected chi connectivity index (χ1v) is 3.67. The number of cyclic esters (lactones) is 1. The fourth-order valence-electron chi connectivity index (χ4n) is 0.935. The second-order valence-electron chi connectivity index (χ2n) is 2.51. The van der Waals surface area contributed by atoms with Crippen LogP contribution in [0.25, 0.3) is 0 Å². The van der Waals surface area contributed by atoms with Gasteiger partial charge in [0.1, 0.15) is 6.61 Å². The lowest BCUT2D eigenvalue weighted by Crippen LogP contribution is -2.34. The number of rotatable bonds is 2. The first-order chi connectivity index (χ1) is 5.22. The van der Waals surface area contributed by atoms with E-state index in [1.807, 2.05) is 0 Å². The number of esters is 1. The van der Waals surface area contributed by atoms with Crippen molar-refractivity contribution in [1.29, 1.82) is 0 Å². The largest absolute Gasteiger partial charge is 0.463 e. The summed E-state index contributed by atoms with van der Waals surface area (Å²) < 4.78 is 4.66. The Labute approximate surface area is 64.9 Å². The van der Waals surface area contributed by atoms with Crippen molar-refractivity contribution in [2.24, 2.45) is 0 Å². The quantitative estimate of drug-likeness (QED) is 0.566. The van der Waals surface area contributed by atoms with Gasteiger partial charge in [0.25, 0.3) is 0 Å². The second-order valence-corrected chi connectivity index (χ2v) is 2.51. The molecule has 11 heavy (non-hydrogen) atoms. The summed E-state index contributed by atoms with van der Waals surface area (Å²) >= 11 is 0. The zero-order chi connectivity index (χ0) is 8.27. The van der Waals surface area contributed by atoms with Crippen molar-refractivity contribution in [3.05, 3.63) is 0 Å². The maximum atomic E-state index is 10.8. The van der Waals surface area contributed by atoms with Gasteiger partial charge in [0.05, 0.1) is 12.5 Å². The molecule has 0 aliphatic carbocycles. The standard InChI is InChI=1S/C7H11NO3/c1-2-6(9)8-5-3-7(10)11-4-5/h5H,2-4H2,1H3,(H,8,9)/t5-/m0/s1. The van der Waals surface area contributed by atoms with Crippen molar-refractivity contribution in [3.63, 3.8) is 0 Å². The van der Waals surface area contributed by atoms with E-state index in [-0.39, 0.29) is 17.9 Å². The monoisotopic (exact) mass is 157 g/mol. The van der Waals surface area contributed by atoms with Crippen molar-refractivity contribution < 1.29 is 14.3 Å². The number of nitrogens with one attached hydrogen (secondary N) is 1. The van der Waals surface area contributed by atoms with Crippen LogP contribution in [-0.4, -0.2) is 24.5 Å². The molecule has 0 aromatic heterocycles. The van der Waals surface area contributed by atoms with E-state index in [1.54, 1.807) is 6.92 Å². The number of hydrogen-bond acceptors (Lipinski definition) is 3. The van der Waals surface area contributed by atoms with Gasteiger partial charge in [-0.25, -0.2) is 0 Å². The second kappa shape index (κ2) is 3.37. The maximum Gasteiger partial charge on any atom is 0.308 e. The fourth-order valence-corrected chi connectivity index (χ4v) is 0.935. The minimum atomic E-state index is -0.230. The van der Waals surface area contributed by atoms with Crippen molar-refractivity contribution in [3.8, 4) is 0 Å². The Kier molecular flexibility index (Phi) is 2.46. The third-order valence-corrected chi connectivity index (χ3v) is 1.54. The first kappa shape index (κ1) is 8.04. The molecule has 0 saturated carbocycles. The van der Waals surface area contributed by atoms with Gasteiger partial charge in [0.2, 0.25) is 5.91 Å². The lowest BCUT2D eigenvalue weighted by atomic mass is 10.2. The van der Waals surface area contributed by atoms with Gasteiger partial charge in [-0.3, -0.25) is 9.59 Å². The van der Waals surface area contributed by atoms with Crippen LogP contribution in [0.1, 0.15) is 19.8 Å². The molecule has 1 rings (SSSR count). The molecule has 1 aliphatic heterocycles. The molecule has 1 atom stereocenters. The predicted octanol–water partition coefficient (Wildman–Crippen LogP) is -0.172. The Morgan fingerprint density at radius 3 is 3.00 bits per heavy atom. The summed E-state index contributed by atoms with van der Waals surface area (Å²) in [5, 5.41) is 2.67. The van der Waals surface area contributed by atoms with E-state index in [2.05, 4.69) is 10.1 Å². The molecule has 0 aromatic carbocycles. The zero-order valence-electron chi connectivity index (χ0n) is 6.42. The number of hydrogen-bond donors (Lipinski definition) is 1. The van der Waals surface area contributed by atoms with Gasteiger partial charge in [-0.05, 0) is 0 Å². The third-order valence-electron chi connectivity index (χ3n) is 1.54. The van der Waals surface area contributed by atoms with E-state index < -0.39 is 0 Å². The molecule has 0 spiro atoms. The van der Waals surface area contributed by atoms with Crippen LogP contribution in [0, 0.1) is 0 Å². The van der Waals surface area contributed by atoms with Crippen LogP contribution in [0.15, 0.2) is 0 Å². The Morgan fingerprint density at radius 1 is 1.82 bits per heavy atom. The highest BCUT2D eigenvalue weighted by atomic mass is 16.5. The van der Waals surface area contributed by atoms with E-state index in [0.29, 0.717) is 19.4 Å². The number of carbonyl (C=O) groups excluding carboxylic acids is 2. The van der Waals surface area contributed by atoms with Crippen LogP contribution < -0.4 is 5.32 Å². The molecule has 0 bridgehead atoms. The molecule has 0 radical (unpaired) electrons. The summed E-state index contributed by atoms with van der Waals surface area (Å²) in [6.07, 6.45) is 0.760. The van der Waals surface area contributed by atoms with E-state index in [1.165, 1.54) is 0 Å². The molecule has 62 valence electrons. The van der Waals surface area contributed by atoms with Gasteiger partial charge in [0, 0.05) is 6.42 Å². The molecule has 1 fully saturated rings. The predicted molar refractivity (Wildman–Crippen MR) is 37.8 cm³/mol. The summed E-state index contributed by atoms with van der Waals surface area (Å²) in [5.41, 5.74) is 0. The lowest BCUT2D eigenvalue weighted by molar-refractivity contribution is -0.138. The molecular weight excluding hydrogens is 146 g/mol. The summed E-state index contributed by atoms with van der Waals surface area (Å²) in [6.45, 7) is 2.09.